The van der Waals surface area contributed by atoms with Gasteiger partial charge in [-0.05, 0) is 48.7 Å². The highest BCUT2D eigenvalue weighted by molar-refractivity contribution is 9.10. The molecule has 2 aromatic carbocycles. The van der Waals surface area contributed by atoms with Gasteiger partial charge in [0.15, 0.2) is 5.13 Å². The number of hydrogen-bond acceptors (Lipinski definition) is 4. The number of rotatable bonds is 4. The minimum atomic E-state index is 0.593. The van der Waals surface area contributed by atoms with Crippen molar-refractivity contribution in [1.82, 2.24) is 14.5 Å². The van der Waals surface area contributed by atoms with Gasteiger partial charge in [-0.1, -0.05) is 52.6 Å². The van der Waals surface area contributed by atoms with E-state index in [4.69, 9.17) is 4.98 Å². The van der Waals surface area contributed by atoms with E-state index >= 15 is 0 Å². The van der Waals surface area contributed by atoms with Crippen molar-refractivity contribution in [1.29, 1.82) is 0 Å². The van der Waals surface area contributed by atoms with E-state index in [1.54, 1.807) is 11.3 Å². The normalized spacial score (nSPS) is 15.6. The van der Waals surface area contributed by atoms with Gasteiger partial charge in [0.05, 0.1) is 27.6 Å². The van der Waals surface area contributed by atoms with Gasteiger partial charge >= 0.3 is 0 Å². The van der Waals surface area contributed by atoms with E-state index in [2.05, 4.69) is 67.2 Å². The average molecular weight is 441 g/mol. The molecule has 0 spiro atoms. The Morgan fingerprint density at radius 3 is 2.85 bits per heavy atom. The number of anilines is 1. The predicted molar refractivity (Wildman–Crippen MR) is 117 cm³/mol. The van der Waals surface area contributed by atoms with Gasteiger partial charge in [-0.2, -0.15) is 0 Å². The van der Waals surface area contributed by atoms with E-state index in [1.165, 1.54) is 42.4 Å². The van der Waals surface area contributed by atoms with E-state index in [0.717, 1.165) is 32.7 Å². The quantitative estimate of drug-likeness (QED) is 0.410. The standard InChI is InChI=1S/C21H21BrN4S/c22-15-7-9-19-18(11-15)23-13-26(19)12-14-6-8-17-20(10-14)27-21(25-17)24-16-4-2-1-3-5-16/h6-11,13,16H,1-5,12H2,(H,24,25). The third-order valence-corrected chi connectivity index (χ3v) is 6.76. The van der Waals surface area contributed by atoms with Crippen molar-refractivity contribution in [3.05, 3.63) is 52.8 Å². The lowest BCUT2D eigenvalue weighted by Crippen LogP contribution is -2.21. The summed E-state index contributed by atoms with van der Waals surface area (Å²) >= 11 is 5.28. The van der Waals surface area contributed by atoms with Crippen LogP contribution in [0.2, 0.25) is 0 Å². The molecule has 27 heavy (non-hydrogen) atoms. The van der Waals surface area contributed by atoms with E-state index in [0.29, 0.717) is 6.04 Å². The van der Waals surface area contributed by atoms with Gasteiger partial charge in [0.2, 0.25) is 0 Å². The Kier molecular flexibility index (Phi) is 4.61. The third kappa shape index (κ3) is 3.60. The zero-order valence-electron chi connectivity index (χ0n) is 15.0. The number of imidazole rings is 1. The summed E-state index contributed by atoms with van der Waals surface area (Å²) < 4.78 is 4.51. The number of thiazole rings is 1. The van der Waals surface area contributed by atoms with Crippen LogP contribution in [0.25, 0.3) is 21.3 Å². The summed E-state index contributed by atoms with van der Waals surface area (Å²) in [4.78, 5) is 9.31. The lowest BCUT2D eigenvalue weighted by Gasteiger charge is -2.22. The molecule has 0 amide bonds. The summed E-state index contributed by atoms with van der Waals surface area (Å²) in [6, 6.07) is 13.4. The highest BCUT2D eigenvalue weighted by Crippen LogP contribution is 2.30. The van der Waals surface area contributed by atoms with Crippen molar-refractivity contribution in [3.8, 4) is 0 Å². The number of hydrogen-bond donors (Lipinski definition) is 1. The zero-order chi connectivity index (χ0) is 18.2. The molecule has 6 heteroatoms. The molecule has 1 aliphatic carbocycles. The fourth-order valence-electron chi connectivity index (χ4n) is 3.91. The summed E-state index contributed by atoms with van der Waals surface area (Å²) in [5.74, 6) is 0. The molecule has 5 rings (SSSR count). The third-order valence-electron chi connectivity index (χ3n) is 5.32. The highest BCUT2D eigenvalue weighted by atomic mass is 79.9. The Balaban J connectivity index is 1.38. The van der Waals surface area contributed by atoms with Crippen molar-refractivity contribution in [2.75, 3.05) is 5.32 Å². The second kappa shape index (κ2) is 7.24. The molecule has 4 aromatic rings. The average Bonchev–Trinajstić information content (AvgIpc) is 3.25. The molecule has 2 heterocycles. The fraction of sp³-hybridized carbons (Fsp3) is 0.333. The van der Waals surface area contributed by atoms with E-state index in [-0.39, 0.29) is 0 Å². The molecule has 138 valence electrons. The van der Waals surface area contributed by atoms with Crippen LogP contribution in [0.15, 0.2) is 47.2 Å². The maximum absolute atomic E-state index is 4.79. The number of fused-ring (bicyclic) bond motifs is 2. The Morgan fingerprint density at radius 1 is 1.07 bits per heavy atom. The number of halogens is 1. The first-order valence-corrected chi connectivity index (χ1v) is 11.1. The van der Waals surface area contributed by atoms with Crippen LogP contribution in [-0.4, -0.2) is 20.6 Å². The van der Waals surface area contributed by atoms with Crippen LogP contribution >= 0.6 is 27.3 Å². The van der Waals surface area contributed by atoms with Crippen molar-refractivity contribution < 1.29 is 0 Å². The molecule has 0 aliphatic heterocycles. The van der Waals surface area contributed by atoms with E-state index < -0.39 is 0 Å². The van der Waals surface area contributed by atoms with Crippen molar-refractivity contribution in [2.45, 2.75) is 44.7 Å². The number of aromatic nitrogens is 3. The van der Waals surface area contributed by atoms with Crippen LogP contribution in [0.1, 0.15) is 37.7 Å². The Morgan fingerprint density at radius 2 is 1.96 bits per heavy atom. The summed E-state index contributed by atoms with van der Waals surface area (Å²) in [5, 5.41) is 4.71. The Hall–Kier alpha value is -1.92. The van der Waals surface area contributed by atoms with Gasteiger partial charge in [-0.15, -0.1) is 0 Å². The minimum Gasteiger partial charge on any atom is -0.359 e. The molecular formula is C21H21BrN4S. The molecule has 2 aromatic heterocycles. The van der Waals surface area contributed by atoms with E-state index in [1.807, 2.05) is 6.33 Å². The molecule has 0 atom stereocenters. The maximum atomic E-state index is 4.79. The summed E-state index contributed by atoms with van der Waals surface area (Å²) in [5.41, 5.74) is 4.53. The van der Waals surface area contributed by atoms with Crippen LogP contribution in [0.4, 0.5) is 5.13 Å². The van der Waals surface area contributed by atoms with Crippen LogP contribution in [0.3, 0.4) is 0 Å². The molecular weight excluding hydrogens is 420 g/mol. The lowest BCUT2D eigenvalue weighted by molar-refractivity contribution is 0.462. The first-order valence-electron chi connectivity index (χ1n) is 9.51. The number of nitrogens with zero attached hydrogens (tertiary/aromatic N) is 3. The molecule has 1 saturated carbocycles. The first kappa shape index (κ1) is 17.2. The van der Waals surface area contributed by atoms with Crippen molar-refractivity contribution in [3.63, 3.8) is 0 Å². The molecule has 0 radical (unpaired) electrons. The van der Waals surface area contributed by atoms with Gasteiger partial charge in [0, 0.05) is 17.1 Å². The summed E-state index contributed by atoms with van der Waals surface area (Å²) in [6.45, 7) is 0.817. The second-order valence-corrected chi connectivity index (χ2v) is 9.25. The fourth-order valence-corrected chi connectivity index (χ4v) is 5.27. The molecule has 0 saturated heterocycles. The molecule has 4 nitrogen and oxygen atoms in total. The topological polar surface area (TPSA) is 42.7 Å². The smallest absolute Gasteiger partial charge is 0.184 e. The molecule has 0 unspecified atom stereocenters. The highest BCUT2D eigenvalue weighted by Gasteiger charge is 2.15. The van der Waals surface area contributed by atoms with Crippen LogP contribution in [0, 0.1) is 0 Å². The van der Waals surface area contributed by atoms with E-state index in [9.17, 15) is 0 Å². The number of benzene rings is 2. The zero-order valence-corrected chi connectivity index (χ0v) is 17.4. The summed E-state index contributed by atoms with van der Waals surface area (Å²) in [7, 11) is 0. The van der Waals surface area contributed by atoms with Crippen molar-refractivity contribution in [2.24, 2.45) is 0 Å². The van der Waals surface area contributed by atoms with Gasteiger partial charge in [-0.3, -0.25) is 0 Å². The minimum absolute atomic E-state index is 0.593. The molecule has 0 bridgehead atoms. The molecule has 1 aliphatic rings. The molecule has 1 fully saturated rings. The Labute approximate surface area is 170 Å². The maximum Gasteiger partial charge on any atom is 0.184 e. The van der Waals surface area contributed by atoms with Crippen LogP contribution in [-0.2, 0) is 6.54 Å². The SMILES string of the molecule is Brc1ccc2c(c1)ncn2Cc1ccc2nc(NC3CCCCC3)sc2c1. The van der Waals surface area contributed by atoms with Gasteiger partial charge in [0.1, 0.15) is 0 Å². The largest absolute Gasteiger partial charge is 0.359 e. The second-order valence-electron chi connectivity index (χ2n) is 7.31. The first-order chi connectivity index (χ1) is 13.2. The Bertz CT molecular complexity index is 1090. The number of nitrogens with one attached hydrogen (secondary N) is 1. The van der Waals surface area contributed by atoms with Gasteiger partial charge < -0.3 is 9.88 Å². The van der Waals surface area contributed by atoms with Crippen LogP contribution in [0.5, 0.6) is 0 Å². The summed E-state index contributed by atoms with van der Waals surface area (Å²) in [6.07, 6.45) is 8.51. The predicted octanol–water partition coefficient (Wildman–Crippen LogP) is 6.20. The van der Waals surface area contributed by atoms with Gasteiger partial charge in [-0.25, -0.2) is 9.97 Å². The van der Waals surface area contributed by atoms with Crippen LogP contribution < -0.4 is 5.32 Å². The monoisotopic (exact) mass is 440 g/mol. The lowest BCUT2D eigenvalue weighted by atomic mass is 9.96. The molecule has 1 N–H and O–H groups in total. The van der Waals surface area contributed by atoms with Gasteiger partial charge in [0.25, 0.3) is 0 Å². The van der Waals surface area contributed by atoms with Crippen molar-refractivity contribution >= 4 is 53.6 Å².